The lowest BCUT2D eigenvalue weighted by Crippen LogP contribution is -2.04. The van der Waals surface area contributed by atoms with Crippen molar-refractivity contribution in [1.82, 2.24) is 4.40 Å². The molecule has 1 aliphatic carbocycles. The molecule has 0 N–H and O–H groups in total. The van der Waals surface area contributed by atoms with Crippen LogP contribution < -0.4 is 0 Å². The van der Waals surface area contributed by atoms with Crippen LogP contribution in [0.1, 0.15) is 94.2 Å². The summed E-state index contributed by atoms with van der Waals surface area (Å²) in [5.41, 5.74) is 8.47. The first kappa shape index (κ1) is 23.3. The summed E-state index contributed by atoms with van der Waals surface area (Å²) < 4.78 is 2.57. The summed E-state index contributed by atoms with van der Waals surface area (Å²) in [6.07, 6.45) is 6.77. The molecule has 0 bridgehead atoms. The fraction of sp³-hybridized carbons (Fsp3) is 0.316. The van der Waals surface area contributed by atoms with Crippen LogP contribution in [0.15, 0.2) is 72.8 Å². The topological polar surface area (TPSA) is 4.41 Å². The third-order valence-corrected chi connectivity index (χ3v) is 9.79. The van der Waals surface area contributed by atoms with Crippen LogP contribution in [0.5, 0.6) is 0 Å². The normalized spacial score (nSPS) is 15.5. The Morgan fingerprint density at radius 3 is 1.54 bits per heavy atom. The van der Waals surface area contributed by atoms with E-state index < -0.39 is 0 Å². The minimum Gasteiger partial charge on any atom is -0.308 e. The van der Waals surface area contributed by atoms with Gasteiger partial charge >= 0.3 is 0 Å². The van der Waals surface area contributed by atoms with E-state index in [1.807, 2.05) is 0 Å². The molecular formula is C38H37N. The lowest BCUT2D eigenvalue weighted by molar-refractivity contribution is 0.444. The lowest BCUT2D eigenvalue weighted by atomic mass is 9.83. The Bertz CT molecular complexity index is 1910. The van der Waals surface area contributed by atoms with Gasteiger partial charge in [-0.3, -0.25) is 0 Å². The summed E-state index contributed by atoms with van der Waals surface area (Å²) in [4.78, 5) is 0. The second-order valence-corrected chi connectivity index (χ2v) is 12.9. The minimum atomic E-state index is 0.534. The quantitative estimate of drug-likeness (QED) is 0.224. The SMILES string of the molecule is CC(C)c1ccc2cc3c(cc2c1)c1cc(C2CCCCC2)cc2c4cc5cc(C(C)C)ccc5cc4n3c12. The highest BCUT2D eigenvalue weighted by atomic mass is 14.9. The van der Waals surface area contributed by atoms with E-state index in [4.69, 9.17) is 0 Å². The molecule has 1 saturated carbocycles. The van der Waals surface area contributed by atoms with Gasteiger partial charge in [0.25, 0.3) is 0 Å². The summed E-state index contributed by atoms with van der Waals surface area (Å²) in [6, 6.07) is 29.1. The summed E-state index contributed by atoms with van der Waals surface area (Å²) >= 11 is 0. The number of hydrogen-bond donors (Lipinski definition) is 0. The number of aromatic nitrogens is 1. The molecule has 194 valence electrons. The van der Waals surface area contributed by atoms with Crippen molar-refractivity contribution in [2.24, 2.45) is 0 Å². The summed E-state index contributed by atoms with van der Waals surface area (Å²) in [5, 5.41) is 11.0. The Morgan fingerprint density at radius 2 is 1.05 bits per heavy atom. The average Bonchev–Trinajstić information content (AvgIpc) is 3.44. The van der Waals surface area contributed by atoms with Crippen molar-refractivity contribution in [3.05, 3.63) is 89.5 Å². The van der Waals surface area contributed by atoms with Crippen LogP contribution in [0, 0.1) is 0 Å². The van der Waals surface area contributed by atoms with E-state index in [9.17, 15) is 0 Å². The first-order chi connectivity index (χ1) is 19.0. The van der Waals surface area contributed by atoms with Crippen LogP contribution in [-0.2, 0) is 0 Å². The molecule has 5 aromatic carbocycles. The fourth-order valence-corrected chi connectivity index (χ4v) is 7.48. The lowest BCUT2D eigenvalue weighted by Gasteiger charge is -2.22. The Balaban J connectivity index is 1.51. The molecule has 0 amide bonds. The summed E-state index contributed by atoms with van der Waals surface area (Å²) in [5.74, 6) is 1.75. The van der Waals surface area contributed by atoms with Crippen molar-refractivity contribution in [2.75, 3.05) is 0 Å². The Labute approximate surface area is 230 Å². The molecule has 0 atom stereocenters. The molecule has 0 unspecified atom stereocenters. The van der Waals surface area contributed by atoms with Crippen LogP contribution in [0.3, 0.4) is 0 Å². The maximum absolute atomic E-state index is 2.57. The highest BCUT2D eigenvalue weighted by Crippen LogP contribution is 2.45. The van der Waals surface area contributed by atoms with Gasteiger partial charge < -0.3 is 4.40 Å². The first-order valence-corrected chi connectivity index (χ1v) is 15.1. The third-order valence-electron chi connectivity index (χ3n) is 9.79. The Hall–Kier alpha value is -3.58. The van der Waals surface area contributed by atoms with Gasteiger partial charge in [-0.1, -0.05) is 83.4 Å². The van der Waals surface area contributed by atoms with E-state index >= 15 is 0 Å². The van der Waals surface area contributed by atoms with Crippen molar-refractivity contribution in [2.45, 2.75) is 77.6 Å². The molecule has 2 aromatic heterocycles. The molecule has 2 heterocycles. The van der Waals surface area contributed by atoms with Crippen molar-refractivity contribution in [3.63, 3.8) is 0 Å². The molecule has 0 saturated heterocycles. The number of rotatable bonds is 3. The number of hydrogen-bond acceptors (Lipinski definition) is 0. The van der Waals surface area contributed by atoms with E-state index in [2.05, 4.69) is 105 Å². The molecular weight excluding hydrogens is 470 g/mol. The molecule has 0 radical (unpaired) electrons. The predicted molar refractivity (Wildman–Crippen MR) is 170 cm³/mol. The number of fused-ring (bicyclic) bond motifs is 8. The van der Waals surface area contributed by atoms with Gasteiger partial charge in [0, 0.05) is 21.5 Å². The highest BCUT2D eigenvalue weighted by molar-refractivity contribution is 6.26. The smallest absolute Gasteiger partial charge is 0.0620 e. The maximum atomic E-state index is 2.57. The molecule has 0 aliphatic heterocycles. The van der Waals surface area contributed by atoms with Crippen molar-refractivity contribution >= 4 is 59.6 Å². The number of benzene rings is 5. The Kier molecular flexibility index (Phi) is 5.06. The van der Waals surface area contributed by atoms with Gasteiger partial charge in [0.2, 0.25) is 0 Å². The minimum absolute atomic E-state index is 0.534. The van der Waals surface area contributed by atoms with Crippen molar-refractivity contribution in [3.8, 4) is 0 Å². The first-order valence-electron chi connectivity index (χ1n) is 15.1. The summed E-state index contributed by atoms with van der Waals surface area (Å²) in [6.45, 7) is 9.16. The van der Waals surface area contributed by atoms with Crippen molar-refractivity contribution < 1.29 is 0 Å². The van der Waals surface area contributed by atoms with Gasteiger partial charge in [-0.25, -0.2) is 0 Å². The largest absolute Gasteiger partial charge is 0.308 e. The van der Waals surface area contributed by atoms with Gasteiger partial charge in [0.05, 0.1) is 16.6 Å². The van der Waals surface area contributed by atoms with Crippen LogP contribution in [0.25, 0.3) is 59.6 Å². The van der Waals surface area contributed by atoms with E-state index in [1.165, 1.54) is 103 Å². The molecule has 1 nitrogen and oxygen atoms in total. The van der Waals surface area contributed by atoms with Gasteiger partial charge in [0.15, 0.2) is 0 Å². The zero-order chi connectivity index (χ0) is 26.4. The van der Waals surface area contributed by atoms with E-state index in [0.29, 0.717) is 17.8 Å². The van der Waals surface area contributed by atoms with Gasteiger partial charge in [-0.05, 0) is 105 Å². The van der Waals surface area contributed by atoms with Gasteiger partial charge in [-0.15, -0.1) is 0 Å². The van der Waals surface area contributed by atoms with Crippen molar-refractivity contribution in [1.29, 1.82) is 0 Å². The van der Waals surface area contributed by atoms with Crippen LogP contribution in [-0.4, -0.2) is 4.40 Å². The van der Waals surface area contributed by atoms with Gasteiger partial charge in [-0.2, -0.15) is 0 Å². The van der Waals surface area contributed by atoms with Crippen LogP contribution >= 0.6 is 0 Å². The zero-order valence-electron chi connectivity index (χ0n) is 23.6. The molecule has 0 spiro atoms. The monoisotopic (exact) mass is 507 g/mol. The standard InChI is InChI=1S/C38H37N/c1-22(2)25-10-12-27-20-36-32(16-29(27)14-25)34-18-31(24-8-6-5-7-9-24)19-35-33-17-30-15-26(23(3)4)11-13-28(30)21-37(33)39(36)38(34)35/h10-24H,5-9H2,1-4H3. The average molecular weight is 508 g/mol. The third kappa shape index (κ3) is 3.45. The molecule has 1 fully saturated rings. The second-order valence-electron chi connectivity index (χ2n) is 12.9. The van der Waals surface area contributed by atoms with E-state index in [0.717, 1.165) is 0 Å². The molecule has 1 aliphatic rings. The number of nitrogens with zero attached hydrogens (tertiary/aromatic N) is 1. The Morgan fingerprint density at radius 1 is 0.538 bits per heavy atom. The molecule has 8 rings (SSSR count). The molecule has 1 heteroatoms. The molecule has 39 heavy (non-hydrogen) atoms. The van der Waals surface area contributed by atoms with Crippen LogP contribution in [0.4, 0.5) is 0 Å². The van der Waals surface area contributed by atoms with Gasteiger partial charge in [0.1, 0.15) is 0 Å². The predicted octanol–water partition coefficient (Wildman–Crippen LogP) is 11.4. The maximum Gasteiger partial charge on any atom is 0.0620 e. The molecule has 7 aromatic rings. The fourth-order valence-electron chi connectivity index (χ4n) is 7.48. The van der Waals surface area contributed by atoms with E-state index in [1.54, 1.807) is 5.56 Å². The van der Waals surface area contributed by atoms with E-state index in [-0.39, 0.29) is 0 Å². The van der Waals surface area contributed by atoms with Crippen LogP contribution in [0.2, 0.25) is 0 Å². The summed E-state index contributed by atoms with van der Waals surface area (Å²) in [7, 11) is 0. The second kappa shape index (κ2) is 8.46. The zero-order valence-corrected chi connectivity index (χ0v) is 23.6. The highest BCUT2D eigenvalue weighted by Gasteiger charge is 2.23.